The largest absolute Gasteiger partial charge is 0.486 e. The molecule has 0 bridgehead atoms. The van der Waals surface area contributed by atoms with Gasteiger partial charge in [-0.3, -0.25) is 4.99 Å². The van der Waals surface area contributed by atoms with Gasteiger partial charge >= 0.3 is 0 Å². The standard InChI is InChI=1S/C20H26FN5O.HI/c1-16(27-18-8-4-3-7-17(18)21)15-24-20(22-2)26-13-11-25(12-14-26)19-9-5-6-10-23-19;/h3-10,16H,11-15H2,1-2H3,(H,22,24);1H. The van der Waals surface area contributed by atoms with Gasteiger partial charge in [-0.15, -0.1) is 24.0 Å². The molecular weight excluding hydrogens is 472 g/mol. The van der Waals surface area contributed by atoms with Gasteiger partial charge in [-0.2, -0.15) is 0 Å². The van der Waals surface area contributed by atoms with Crippen molar-refractivity contribution in [2.75, 3.05) is 44.7 Å². The summed E-state index contributed by atoms with van der Waals surface area (Å²) in [7, 11) is 1.77. The minimum Gasteiger partial charge on any atom is -0.486 e. The number of rotatable bonds is 5. The third-order valence-corrected chi connectivity index (χ3v) is 4.48. The van der Waals surface area contributed by atoms with E-state index in [1.807, 2.05) is 31.3 Å². The number of piperazine rings is 1. The average molecular weight is 499 g/mol. The van der Waals surface area contributed by atoms with Gasteiger partial charge in [0.25, 0.3) is 0 Å². The second kappa shape index (κ2) is 11.0. The summed E-state index contributed by atoms with van der Waals surface area (Å²) < 4.78 is 19.4. The van der Waals surface area contributed by atoms with Gasteiger partial charge in [0.2, 0.25) is 0 Å². The smallest absolute Gasteiger partial charge is 0.193 e. The first-order valence-electron chi connectivity index (χ1n) is 9.20. The van der Waals surface area contributed by atoms with Crippen LogP contribution in [-0.4, -0.2) is 61.7 Å². The third-order valence-electron chi connectivity index (χ3n) is 4.48. The van der Waals surface area contributed by atoms with Crippen molar-refractivity contribution in [1.82, 2.24) is 15.2 Å². The number of benzene rings is 1. The first kappa shape index (κ1) is 22.2. The van der Waals surface area contributed by atoms with Gasteiger partial charge in [0.05, 0.1) is 6.54 Å². The van der Waals surface area contributed by atoms with Crippen molar-refractivity contribution in [3.05, 3.63) is 54.5 Å². The van der Waals surface area contributed by atoms with Crippen LogP contribution in [0, 0.1) is 5.82 Å². The molecule has 6 nitrogen and oxygen atoms in total. The number of ether oxygens (including phenoxy) is 1. The number of pyridine rings is 1. The quantitative estimate of drug-likeness (QED) is 0.390. The van der Waals surface area contributed by atoms with Crippen molar-refractivity contribution < 1.29 is 9.13 Å². The van der Waals surface area contributed by atoms with E-state index in [1.165, 1.54) is 6.07 Å². The zero-order valence-corrected chi connectivity index (χ0v) is 18.5. The molecule has 152 valence electrons. The minimum absolute atomic E-state index is 0. The van der Waals surface area contributed by atoms with Crippen molar-refractivity contribution in [2.45, 2.75) is 13.0 Å². The van der Waals surface area contributed by atoms with Gasteiger partial charge < -0.3 is 19.9 Å². The maximum absolute atomic E-state index is 13.7. The summed E-state index contributed by atoms with van der Waals surface area (Å²) >= 11 is 0. The van der Waals surface area contributed by atoms with Crippen molar-refractivity contribution in [2.24, 2.45) is 4.99 Å². The monoisotopic (exact) mass is 499 g/mol. The maximum atomic E-state index is 13.7. The Hall–Kier alpha value is -2.10. The number of guanidine groups is 1. The van der Waals surface area contributed by atoms with Crippen LogP contribution >= 0.6 is 24.0 Å². The highest BCUT2D eigenvalue weighted by atomic mass is 127. The number of aromatic nitrogens is 1. The fourth-order valence-electron chi connectivity index (χ4n) is 3.05. The van der Waals surface area contributed by atoms with E-state index >= 15 is 0 Å². The molecule has 2 heterocycles. The summed E-state index contributed by atoms with van der Waals surface area (Å²) in [6, 6.07) is 12.4. The van der Waals surface area contributed by atoms with E-state index in [9.17, 15) is 4.39 Å². The molecule has 0 saturated carbocycles. The number of aliphatic imine (C=N–C) groups is 1. The number of anilines is 1. The Morgan fingerprint density at radius 3 is 2.54 bits per heavy atom. The normalized spacial score (nSPS) is 15.6. The molecule has 1 fully saturated rings. The maximum Gasteiger partial charge on any atom is 0.193 e. The molecule has 1 aliphatic heterocycles. The van der Waals surface area contributed by atoms with Crippen LogP contribution in [0.4, 0.5) is 10.2 Å². The molecular formula is C20H27FIN5O. The Bertz CT molecular complexity index is 753. The summed E-state index contributed by atoms with van der Waals surface area (Å²) in [5.74, 6) is 1.76. The van der Waals surface area contributed by atoms with Gasteiger partial charge in [0.15, 0.2) is 17.5 Å². The lowest BCUT2D eigenvalue weighted by molar-refractivity contribution is 0.212. The molecule has 1 aliphatic rings. The first-order valence-corrected chi connectivity index (χ1v) is 9.20. The van der Waals surface area contributed by atoms with Crippen molar-refractivity contribution in [1.29, 1.82) is 0 Å². The third kappa shape index (κ3) is 5.95. The number of hydrogen-bond acceptors (Lipinski definition) is 4. The first-order chi connectivity index (χ1) is 13.2. The molecule has 1 aromatic heterocycles. The molecule has 1 unspecified atom stereocenters. The number of nitrogens with one attached hydrogen (secondary N) is 1. The molecule has 1 saturated heterocycles. The van der Waals surface area contributed by atoms with Gasteiger partial charge in [0.1, 0.15) is 11.9 Å². The molecule has 0 spiro atoms. The molecule has 8 heteroatoms. The van der Waals surface area contributed by atoms with Crippen LogP contribution in [0.2, 0.25) is 0 Å². The predicted molar refractivity (Wildman–Crippen MR) is 121 cm³/mol. The highest BCUT2D eigenvalue weighted by Gasteiger charge is 2.20. The topological polar surface area (TPSA) is 53.0 Å². The zero-order valence-electron chi connectivity index (χ0n) is 16.2. The molecule has 2 aromatic rings. The molecule has 0 amide bonds. The molecule has 0 radical (unpaired) electrons. The summed E-state index contributed by atoms with van der Waals surface area (Å²) in [5.41, 5.74) is 0. The minimum atomic E-state index is -0.348. The molecule has 1 aromatic carbocycles. The van der Waals surface area contributed by atoms with Crippen molar-refractivity contribution in [3.63, 3.8) is 0 Å². The molecule has 1 atom stereocenters. The Morgan fingerprint density at radius 2 is 1.89 bits per heavy atom. The van der Waals surface area contributed by atoms with E-state index in [0.29, 0.717) is 6.54 Å². The summed E-state index contributed by atoms with van der Waals surface area (Å²) in [5, 5.41) is 3.33. The zero-order chi connectivity index (χ0) is 19.1. The lowest BCUT2D eigenvalue weighted by Gasteiger charge is -2.37. The molecule has 1 N–H and O–H groups in total. The van der Waals surface area contributed by atoms with Crippen LogP contribution in [0.1, 0.15) is 6.92 Å². The molecule has 3 rings (SSSR count). The average Bonchev–Trinajstić information content (AvgIpc) is 2.71. The van der Waals surface area contributed by atoms with Crippen LogP contribution < -0.4 is 15.0 Å². The van der Waals surface area contributed by atoms with Gasteiger partial charge in [-0.25, -0.2) is 9.37 Å². The number of nitrogens with zero attached hydrogens (tertiary/aromatic N) is 4. The number of hydrogen-bond donors (Lipinski definition) is 1. The fraction of sp³-hybridized carbons (Fsp3) is 0.400. The van der Waals surface area contributed by atoms with Crippen LogP contribution in [0.5, 0.6) is 5.75 Å². The lowest BCUT2D eigenvalue weighted by Crippen LogP contribution is -2.53. The van der Waals surface area contributed by atoms with Crippen molar-refractivity contribution >= 4 is 35.8 Å². The fourth-order valence-corrected chi connectivity index (χ4v) is 3.05. The van der Waals surface area contributed by atoms with Crippen LogP contribution in [0.25, 0.3) is 0 Å². The van der Waals surface area contributed by atoms with E-state index < -0.39 is 0 Å². The Morgan fingerprint density at radius 1 is 1.18 bits per heavy atom. The highest BCUT2D eigenvalue weighted by Crippen LogP contribution is 2.17. The van der Waals surface area contributed by atoms with E-state index in [-0.39, 0.29) is 41.6 Å². The summed E-state index contributed by atoms with van der Waals surface area (Å²) in [6.45, 7) is 5.95. The van der Waals surface area contributed by atoms with Crippen LogP contribution in [0.3, 0.4) is 0 Å². The Kier molecular flexibility index (Phi) is 8.75. The SMILES string of the molecule is CN=C(NCC(C)Oc1ccccc1F)N1CCN(c2ccccn2)CC1.I. The van der Waals surface area contributed by atoms with E-state index in [0.717, 1.165) is 38.0 Å². The van der Waals surface area contributed by atoms with Gasteiger partial charge in [-0.05, 0) is 31.2 Å². The lowest BCUT2D eigenvalue weighted by atomic mass is 10.3. The predicted octanol–water partition coefficient (Wildman–Crippen LogP) is 3.00. The molecule has 28 heavy (non-hydrogen) atoms. The highest BCUT2D eigenvalue weighted by molar-refractivity contribution is 14.0. The van der Waals surface area contributed by atoms with Gasteiger partial charge in [-0.1, -0.05) is 18.2 Å². The second-order valence-electron chi connectivity index (χ2n) is 6.45. The number of halogens is 2. The van der Waals surface area contributed by atoms with Crippen molar-refractivity contribution in [3.8, 4) is 5.75 Å². The Labute approximate surface area is 182 Å². The van der Waals surface area contributed by atoms with E-state index in [1.54, 1.807) is 25.2 Å². The summed E-state index contributed by atoms with van der Waals surface area (Å²) in [4.78, 5) is 13.3. The van der Waals surface area contributed by atoms with Crippen LogP contribution in [-0.2, 0) is 0 Å². The molecule has 0 aliphatic carbocycles. The van der Waals surface area contributed by atoms with Crippen LogP contribution in [0.15, 0.2) is 53.7 Å². The van der Waals surface area contributed by atoms with Gasteiger partial charge in [0, 0.05) is 39.4 Å². The second-order valence-corrected chi connectivity index (χ2v) is 6.45. The number of para-hydroxylation sites is 1. The van der Waals surface area contributed by atoms with E-state index in [4.69, 9.17) is 4.74 Å². The summed E-state index contributed by atoms with van der Waals surface area (Å²) in [6.07, 6.45) is 1.63. The Balaban J connectivity index is 0.00000280. The van der Waals surface area contributed by atoms with E-state index in [2.05, 4.69) is 25.1 Å².